The minimum Gasteiger partial charge on any atom is -0.394 e. The first-order chi connectivity index (χ1) is 9.60. The molecule has 2 fully saturated rings. The number of rotatable bonds is 5. The molecule has 1 saturated carbocycles. The maximum atomic E-state index is 9.75. The van der Waals surface area contributed by atoms with Gasteiger partial charge in [-0.05, 0) is 70.0 Å². The Labute approximate surface area is 125 Å². The van der Waals surface area contributed by atoms with E-state index in [-0.39, 0.29) is 5.54 Å². The van der Waals surface area contributed by atoms with Gasteiger partial charge < -0.3 is 15.3 Å². The topological polar surface area (TPSA) is 35.5 Å². The van der Waals surface area contributed by atoms with Crippen molar-refractivity contribution in [3.63, 3.8) is 0 Å². The van der Waals surface area contributed by atoms with Gasteiger partial charge in [-0.2, -0.15) is 0 Å². The largest absolute Gasteiger partial charge is 0.394 e. The smallest absolute Gasteiger partial charge is 0.0613 e. The van der Waals surface area contributed by atoms with Crippen LogP contribution in [0, 0.1) is 11.8 Å². The Hall–Kier alpha value is -0.120. The zero-order valence-electron chi connectivity index (χ0n) is 13.7. The molecule has 0 bridgehead atoms. The van der Waals surface area contributed by atoms with Crippen LogP contribution in [0.4, 0.5) is 0 Å². The molecule has 1 saturated heterocycles. The molecule has 2 N–H and O–H groups in total. The van der Waals surface area contributed by atoms with E-state index in [1.807, 2.05) is 0 Å². The van der Waals surface area contributed by atoms with Crippen molar-refractivity contribution in [2.75, 3.05) is 26.2 Å². The SMILES string of the molecule is CCNC1(CO)CCC(N2CCCC(C(C)C)CC2)C1. The van der Waals surface area contributed by atoms with Gasteiger partial charge in [-0.25, -0.2) is 0 Å². The summed E-state index contributed by atoms with van der Waals surface area (Å²) in [5.41, 5.74) is 0.00315. The lowest BCUT2D eigenvalue weighted by molar-refractivity contribution is 0.144. The Kier molecular flexibility index (Phi) is 5.88. The van der Waals surface area contributed by atoms with Crippen LogP contribution >= 0.6 is 0 Å². The van der Waals surface area contributed by atoms with E-state index in [1.54, 1.807) is 0 Å². The first-order valence-corrected chi connectivity index (χ1v) is 8.70. The molecule has 0 radical (unpaired) electrons. The third-order valence-corrected chi connectivity index (χ3v) is 5.70. The van der Waals surface area contributed by atoms with Crippen LogP contribution in [0.2, 0.25) is 0 Å². The van der Waals surface area contributed by atoms with Crippen molar-refractivity contribution in [1.29, 1.82) is 0 Å². The van der Waals surface area contributed by atoms with Crippen molar-refractivity contribution >= 4 is 0 Å². The highest BCUT2D eigenvalue weighted by Gasteiger charge is 2.40. The van der Waals surface area contributed by atoms with E-state index in [2.05, 4.69) is 31.0 Å². The molecular formula is C17H34N2O. The third-order valence-electron chi connectivity index (χ3n) is 5.70. The highest BCUT2D eigenvalue weighted by molar-refractivity contribution is 4.99. The zero-order valence-corrected chi connectivity index (χ0v) is 13.7. The van der Waals surface area contributed by atoms with Gasteiger partial charge in [0.1, 0.15) is 0 Å². The average Bonchev–Trinajstić information content (AvgIpc) is 2.70. The number of hydrogen-bond acceptors (Lipinski definition) is 3. The van der Waals surface area contributed by atoms with E-state index < -0.39 is 0 Å². The van der Waals surface area contributed by atoms with Crippen LogP contribution in [0.1, 0.15) is 59.3 Å². The summed E-state index contributed by atoms with van der Waals surface area (Å²) in [7, 11) is 0. The molecule has 20 heavy (non-hydrogen) atoms. The summed E-state index contributed by atoms with van der Waals surface area (Å²) >= 11 is 0. The summed E-state index contributed by atoms with van der Waals surface area (Å²) in [5, 5.41) is 13.3. The van der Waals surface area contributed by atoms with Crippen molar-refractivity contribution < 1.29 is 5.11 Å². The van der Waals surface area contributed by atoms with Gasteiger partial charge in [0.25, 0.3) is 0 Å². The quantitative estimate of drug-likeness (QED) is 0.814. The summed E-state index contributed by atoms with van der Waals surface area (Å²) in [6, 6.07) is 0.687. The van der Waals surface area contributed by atoms with E-state index in [0.29, 0.717) is 12.6 Å². The lowest BCUT2D eigenvalue weighted by Gasteiger charge is -2.32. The molecule has 3 heteroatoms. The second kappa shape index (κ2) is 7.24. The Balaban J connectivity index is 1.90. The highest BCUT2D eigenvalue weighted by Crippen LogP contribution is 2.35. The molecule has 2 rings (SSSR count). The molecule has 0 aromatic rings. The predicted molar refractivity (Wildman–Crippen MR) is 84.9 cm³/mol. The Morgan fingerprint density at radius 1 is 1.25 bits per heavy atom. The molecule has 1 aliphatic heterocycles. The maximum Gasteiger partial charge on any atom is 0.0613 e. The fourth-order valence-corrected chi connectivity index (χ4v) is 4.32. The second-order valence-electron chi connectivity index (χ2n) is 7.34. The molecule has 3 atom stereocenters. The molecule has 0 amide bonds. The Morgan fingerprint density at radius 2 is 2.05 bits per heavy atom. The zero-order chi connectivity index (χ0) is 14.6. The van der Waals surface area contributed by atoms with E-state index >= 15 is 0 Å². The van der Waals surface area contributed by atoms with Gasteiger partial charge in [0.05, 0.1) is 6.61 Å². The molecule has 3 nitrogen and oxygen atoms in total. The van der Waals surface area contributed by atoms with Crippen LogP contribution in [0.3, 0.4) is 0 Å². The fourth-order valence-electron chi connectivity index (χ4n) is 4.32. The van der Waals surface area contributed by atoms with Crippen LogP contribution in [-0.2, 0) is 0 Å². The molecule has 118 valence electrons. The number of likely N-dealkylation sites (N-methyl/N-ethyl adjacent to an activating group) is 1. The molecule has 0 aromatic carbocycles. The summed E-state index contributed by atoms with van der Waals surface area (Å²) in [4.78, 5) is 2.72. The number of aliphatic hydroxyl groups excluding tert-OH is 1. The van der Waals surface area contributed by atoms with Gasteiger partial charge in [-0.3, -0.25) is 0 Å². The van der Waals surface area contributed by atoms with E-state index in [9.17, 15) is 5.11 Å². The first-order valence-electron chi connectivity index (χ1n) is 8.70. The molecule has 1 heterocycles. The fraction of sp³-hybridized carbons (Fsp3) is 1.00. The second-order valence-corrected chi connectivity index (χ2v) is 7.34. The average molecular weight is 282 g/mol. The normalized spacial score (nSPS) is 36.5. The molecule has 2 aliphatic rings. The predicted octanol–water partition coefficient (Wildman–Crippen LogP) is 2.64. The summed E-state index contributed by atoms with van der Waals surface area (Å²) in [5.74, 6) is 1.74. The van der Waals surface area contributed by atoms with Gasteiger partial charge in [-0.1, -0.05) is 20.8 Å². The Bertz CT molecular complexity index is 295. The van der Waals surface area contributed by atoms with Crippen LogP contribution in [-0.4, -0.2) is 47.8 Å². The van der Waals surface area contributed by atoms with Crippen LogP contribution in [0.5, 0.6) is 0 Å². The van der Waals surface area contributed by atoms with E-state index in [1.165, 1.54) is 38.8 Å². The number of nitrogens with zero attached hydrogens (tertiary/aromatic N) is 1. The van der Waals surface area contributed by atoms with Gasteiger partial charge in [0.2, 0.25) is 0 Å². The minimum absolute atomic E-state index is 0.00315. The molecule has 0 spiro atoms. The summed E-state index contributed by atoms with van der Waals surface area (Å²) in [6.07, 6.45) is 7.63. The maximum absolute atomic E-state index is 9.75. The minimum atomic E-state index is 0.00315. The molecule has 0 aromatic heterocycles. The standard InChI is InChI=1S/C17H34N2O/c1-4-18-17(13-20)9-7-16(12-17)19-10-5-6-15(8-11-19)14(2)3/h14-16,18,20H,4-13H2,1-3H3. The number of nitrogens with one attached hydrogen (secondary N) is 1. The van der Waals surface area contributed by atoms with Crippen molar-refractivity contribution in [3.8, 4) is 0 Å². The number of hydrogen-bond donors (Lipinski definition) is 2. The van der Waals surface area contributed by atoms with Gasteiger partial charge in [0.15, 0.2) is 0 Å². The van der Waals surface area contributed by atoms with Gasteiger partial charge in [0, 0.05) is 11.6 Å². The lowest BCUT2D eigenvalue weighted by Crippen LogP contribution is -2.48. The van der Waals surface area contributed by atoms with Crippen LogP contribution < -0.4 is 5.32 Å². The van der Waals surface area contributed by atoms with Crippen LogP contribution in [0.15, 0.2) is 0 Å². The summed E-state index contributed by atoms with van der Waals surface area (Å²) < 4.78 is 0. The van der Waals surface area contributed by atoms with Crippen LogP contribution in [0.25, 0.3) is 0 Å². The number of aliphatic hydroxyl groups is 1. The molecular weight excluding hydrogens is 248 g/mol. The van der Waals surface area contributed by atoms with Crippen molar-refractivity contribution in [2.45, 2.75) is 70.9 Å². The highest BCUT2D eigenvalue weighted by atomic mass is 16.3. The monoisotopic (exact) mass is 282 g/mol. The van der Waals surface area contributed by atoms with E-state index in [0.717, 1.165) is 31.2 Å². The van der Waals surface area contributed by atoms with Crippen molar-refractivity contribution in [1.82, 2.24) is 10.2 Å². The van der Waals surface area contributed by atoms with Gasteiger partial charge >= 0.3 is 0 Å². The number of likely N-dealkylation sites (tertiary alicyclic amines) is 1. The van der Waals surface area contributed by atoms with Crippen molar-refractivity contribution in [2.24, 2.45) is 11.8 Å². The van der Waals surface area contributed by atoms with Gasteiger partial charge in [-0.15, -0.1) is 0 Å². The molecule has 3 unspecified atom stereocenters. The first kappa shape index (κ1) is 16.3. The van der Waals surface area contributed by atoms with E-state index in [4.69, 9.17) is 0 Å². The Morgan fingerprint density at radius 3 is 2.70 bits per heavy atom. The summed E-state index contributed by atoms with van der Waals surface area (Å²) in [6.45, 7) is 10.7. The molecule has 1 aliphatic carbocycles. The third kappa shape index (κ3) is 3.75. The van der Waals surface area contributed by atoms with Crippen molar-refractivity contribution in [3.05, 3.63) is 0 Å². The lowest BCUT2D eigenvalue weighted by atomic mass is 9.89.